The van der Waals surface area contributed by atoms with Gasteiger partial charge in [0.2, 0.25) is 0 Å². The monoisotopic (exact) mass is 441 g/mol. The van der Waals surface area contributed by atoms with Crippen LogP contribution in [0, 0.1) is 0 Å². The number of hydrogen-bond acceptors (Lipinski definition) is 9. The summed E-state index contributed by atoms with van der Waals surface area (Å²) in [7, 11) is 0. The van der Waals surface area contributed by atoms with Gasteiger partial charge in [0.25, 0.3) is 0 Å². The van der Waals surface area contributed by atoms with Crippen molar-refractivity contribution in [3.8, 4) is 0 Å². The zero-order valence-corrected chi connectivity index (χ0v) is 15.4. The molecule has 0 amide bonds. The van der Waals surface area contributed by atoms with E-state index in [9.17, 15) is 27.8 Å². The maximum atomic E-state index is 12.4. The molecule has 0 atom stereocenters. The molecule has 0 spiro atoms. The Morgan fingerprint density at radius 2 is 1.34 bits per heavy atom. The predicted molar refractivity (Wildman–Crippen MR) is 87.8 cm³/mol. The van der Waals surface area contributed by atoms with E-state index in [0.29, 0.717) is 4.50 Å². The fourth-order valence-electron chi connectivity index (χ4n) is 2.74. The Labute approximate surface area is 166 Å². The quantitative estimate of drug-likeness (QED) is 0.381. The van der Waals surface area contributed by atoms with Crippen LogP contribution in [0.25, 0.3) is 0 Å². The second kappa shape index (κ2) is 7.15. The summed E-state index contributed by atoms with van der Waals surface area (Å²) in [4.78, 5) is 58.1. The van der Waals surface area contributed by atoms with Crippen LogP contribution in [-0.4, -0.2) is 36.5 Å². The topological polar surface area (TPSA) is 130 Å². The molecule has 0 aromatic heterocycles. The van der Waals surface area contributed by atoms with E-state index in [-0.39, 0.29) is 39.8 Å². The summed E-state index contributed by atoms with van der Waals surface area (Å²) < 4.78 is 26.7. The number of benzene rings is 2. The van der Waals surface area contributed by atoms with Crippen molar-refractivity contribution in [2.45, 2.75) is 5.36 Å². The molecule has 29 heavy (non-hydrogen) atoms. The maximum absolute atomic E-state index is 12.4. The molecule has 0 N–H and O–H groups in total. The van der Waals surface area contributed by atoms with Crippen molar-refractivity contribution >= 4 is 34.3 Å². The van der Waals surface area contributed by atoms with Gasteiger partial charge in [-0.3, -0.25) is 0 Å². The number of hydrogen-bond donors (Lipinski definition) is 0. The number of ether oxygens (including phenoxy) is 3. The van der Waals surface area contributed by atoms with Crippen molar-refractivity contribution in [1.82, 2.24) is 0 Å². The molecule has 2 aromatic carbocycles. The average molecular weight is 441 g/mol. The molecule has 0 fully saturated rings. The zero-order valence-electron chi connectivity index (χ0n) is 14.4. The van der Waals surface area contributed by atoms with Crippen LogP contribution in [0.4, 0.5) is 0 Å². The van der Waals surface area contributed by atoms with Gasteiger partial charge in [-0.2, -0.15) is 0 Å². The average Bonchev–Trinajstić information content (AvgIpc) is 3.16. The summed E-state index contributed by atoms with van der Waals surface area (Å²) in [5, 5.41) is -0.0218. The standard InChI is InChI=1S/C11H7O5.C8H3O3.Co.O/c1-2-15-9(12)6-3-4-7-8(5-6)11(14)16-10(7)13;9-7-5-3-1-2-4-6(5)8(10)11-7;;/h3-5H,1-2H2;1,3-4H;;. The van der Waals surface area contributed by atoms with E-state index in [2.05, 4.69) is 9.47 Å². The zero-order chi connectivity index (χ0) is 20.7. The van der Waals surface area contributed by atoms with Crippen LogP contribution in [0.3, 0.4) is 0 Å². The Kier molecular flexibility index (Phi) is 4.64. The number of cyclic esters (lactones) is 4. The molecule has 0 saturated carbocycles. The van der Waals surface area contributed by atoms with E-state index >= 15 is 0 Å². The van der Waals surface area contributed by atoms with Crippen LogP contribution in [0.2, 0.25) is 5.36 Å². The normalized spacial score (nSPS) is 14.8. The van der Waals surface area contributed by atoms with Crippen molar-refractivity contribution in [2.75, 3.05) is 6.61 Å². The van der Waals surface area contributed by atoms with Crippen LogP contribution in [0.1, 0.15) is 51.8 Å². The first-order valence-corrected chi connectivity index (χ1v) is 9.78. The molecule has 2 aromatic rings. The molecular formula is C19H10CoO9. The molecule has 0 radical (unpaired) electrons. The van der Waals surface area contributed by atoms with E-state index in [0.717, 1.165) is 0 Å². The van der Waals surface area contributed by atoms with Gasteiger partial charge in [-0.15, -0.1) is 0 Å². The summed E-state index contributed by atoms with van der Waals surface area (Å²) in [6, 6.07) is 7.95. The number of esters is 5. The Morgan fingerprint density at radius 1 is 0.793 bits per heavy atom. The van der Waals surface area contributed by atoms with Gasteiger partial charge < -0.3 is 0 Å². The van der Waals surface area contributed by atoms with Crippen LogP contribution in [-0.2, 0) is 31.7 Å². The molecule has 2 heterocycles. The third kappa shape index (κ3) is 3.39. The van der Waals surface area contributed by atoms with Crippen LogP contribution < -0.4 is 4.50 Å². The molecule has 0 saturated heterocycles. The van der Waals surface area contributed by atoms with E-state index in [4.69, 9.17) is 4.74 Å². The number of carbonyl (C=O) groups is 5. The van der Waals surface area contributed by atoms with Crippen molar-refractivity contribution in [2.24, 2.45) is 0 Å². The SMILES string of the molecule is O=C(OC[CH2][Co](=[O])[c]1ccc2c(c1)C(=O)OC2=O)c1ccc2c(c1)C(=O)OC2=O. The minimum absolute atomic E-state index is 0.0186. The number of carbonyl (C=O) groups excluding carboxylic acids is 5. The van der Waals surface area contributed by atoms with Crippen LogP contribution in [0.15, 0.2) is 36.4 Å². The Hall–Kier alpha value is -3.50. The second-order valence-corrected chi connectivity index (χ2v) is 7.87. The molecule has 149 valence electrons. The molecular weight excluding hydrogens is 431 g/mol. The minimum atomic E-state index is -1.97. The molecule has 2 aliphatic heterocycles. The first kappa shape index (κ1) is 18.8. The van der Waals surface area contributed by atoms with Gasteiger partial charge in [-0.1, -0.05) is 0 Å². The van der Waals surface area contributed by atoms with E-state index in [1.165, 1.54) is 36.4 Å². The van der Waals surface area contributed by atoms with Crippen molar-refractivity contribution in [3.63, 3.8) is 0 Å². The van der Waals surface area contributed by atoms with E-state index < -0.39 is 43.4 Å². The molecule has 0 bridgehead atoms. The summed E-state index contributed by atoms with van der Waals surface area (Å²) in [5.41, 5.74) is 0.260. The predicted octanol–water partition coefficient (Wildman–Crippen LogP) is 1.17. The third-order valence-corrected chi connectivity index (χ3v) is 5.82. The van der Waals surface area contributed by atoms with Gasteiger partial charge in [-0.05, 0) is 0 Å². The molecule has 2 aliphatic rings. The van der Waals surface area contributed by atoms with Gasteiger partial charge in [0.15, 0.2) is 0 Å². The number of rotatable bonds is 5. The van der Waals surface area contributed by atoms with Crippen molar-refractivity contribution in [3.05, 3.63) is 64.2 Å². The summed E-state index contributed by atoms with van der Waals surface area (Å²) in [6.07, 6.45) is 0. The number of fused-ring (bicyclic) bond motifs is 2. The molecule has 0 aliphatic carbocycles. The fraction of sp³-hybridized carbons (Fsp3) is 0.105. The van der Waals surface area contributed by atoms with Gasteiger partial charge in [0, 0.05) is 0 Å². The molecule has 4 rings (SSSR count). The summed E-state index contributed by atoms with van der Waals surface area (Å²) in [5.74, 6) is -3.92. The Morgan fingerprint density at radius 3 is 2.00 bits per heavy atom. The summed E-state index contributed by atoms with van der Waals surface area (Å²) in [6.45, 7) is -0.187. The third-order valence-electron chi connectivity index (χ3n) is 4.14. The Bertz CT molecular complexity index is 1060. The van der Waals surface area contributed by atoms with Crippen LogP contribution in [0.5, 0.6) is 0 Å². The first-order valence-electron chi connectivity index (χ1n) is 8.09. The van der Waals surface area contributed by atoms with Crippen molar-refractivity contribution < 1.29 is 55.6 Å². The second-order valence-electron chi connectivity index (χ2n) is 5.86. The van der Waals surface area contributed by atoms with E-state index in [1.54, 1.807) is 0 Å². The van der Waals surface area contributed by atoms with E-state index in [1.807, 2.05) is 0 Å². The fourth-order valence-corrected chi connectivity index (χ4v) is 3.94. The van der Waals surface area contributed by atoms with Gasteiger partial charge >= 0.3 is 166 Å². The molecule has 0 unspecified atom stereocenters. The summed E-state index contributed by atoms with van der Waals surface area (Å²) >= 11 is -1.97. The first-order chi connectivity index (χ1) is 13.8. The molecule has 9 nitrogen and oxygen atoms in total. The molecule has 10 heteroatoms. The van der Waals surface area contributed by atoms with Gasteiger partial charge in [-0.25, -0.2) is 0 Å². The van der Waals surface area contributed by atoms with Gasteiger partial charge in [0.1, 0.15) is 0 Å². The van der Waals surface area contributed by atoms with Crippen molar-refractivity contribution in [1.29, 1.82) is 0 Å². The van der Waals surface area contributed by atoms with Gasteiger partial charge in [0.05, 0.1) is 0 Å². The van der Waals surface area contributed by atoms with Crippen LogP contribution >= 0.6 is 0 Å². The Balaban J connectivity index is 1.38.